The van der Waals surface area contributed by atoms with E-state index in [1.165, 1.54) is 6.07 Å². The van der Waals surface area contributed by atoms with Gasteiger partial charge in [0.1, 0.15) is 11.5 Å². The van der Waals surface area contributed by atoms with Gasteiger partial charge in [-0.25, -0.2) is 0 Å². The average molecular weight is 220 g/mol. The first kappa shape index (κ1) is 10.6. The third-order valence-corrected chi connectivity index (χ3v) is 2.61. The Morgan fingerprint density at radius 3 is 2.50 bits per heavy atom. The molecule has 16 heavy (non-hydrogen) atoms. The van der Waals surface area contributed by atoms with Crippen molar-refractivity contribution in [3.05, 3.63) is 34.2 Å². The highest BCUT2D eigenvalue weighted by molar-refractivity contribution is 5.93. The van der Waals surface area contributed by atoms with Crippen molar-refractivity contribution in [2.24, 2.45) is 0 Å². The molecular formula is C11H12N2O3. The Bertz CT molecular complexity index is 468. The molecule has 2 heterocycles. The predicted octanol–water partition coefficient (Wildman–Crippen LogP) is 0.180. The fraction of sp³-hybridized carbons (Fsp3) is 0.364. The van der Waals surface area contributed by atoms with E-state index in [4.69, 9.17) is 0 Å². The van der Waals surface area contributed by atoms with Crippen molar-refractivity contribution in [1.82, 2.24) is 9.88 Å². The van der Waals surface area contributed by atoms with E-state index >= 15 is 0 Å². The number of carbonyl (C=O) groups is 2. The molecule has 0 spiro atoms. The summed E-state index contributed by atoms with van der Waals surface area (Å²) >= 11 is 0. The second-order valence-corrected chi connectivity index (χ2v) is 3.76. The van der Waals surface area contributed by atoms with Crippen molar-refractivity contribution in [3.8, 4) is 0 Å². The highest BCUT2D eigenvalue weighted by Crippen LogP contribution is 2.08. The maximum atomic E-state index is 11.9. The zero-order chi connectivity index (χ0) is 11.5. The Kier molecular flexibility index (Phi) is 2.85. The maximum absolute atomic E-state index is 11.9. The summed E-state index contributed by atoms with van der Waals surface area (Å²) in [6.07, 6.45) is 0.811. The topological polar surface area (TPSA) is 70.2 Å². The molecule has 1 aromatic heterocycles. The van der Waals surface area contributed by atoms with Crippen LogP contribution in [0.25, 0.3) is 0 Å². The van der Waals surface area contributed by atoms with Gasteiger partial charge in [-0.05, 0) is 6.07 Å². The molecule has 0 aliphatic carbocycles. The second-order valence-electron chi connectivity index (χ2n) is 3.76. The molecule has 1 saturated heterocycles. The van der Waals surface area contributed by atoms with E-state index < -0.39 is 0 Å². The molecule has 0 aromatic carbocycles. The molecule has 1 aliphatic heterocycles. The molecule has 1 fully saturated rings. The van der Waals surface area contributed by atoms with E-state index in [9.17, 15) is 14.4 Å². The molecule has 84 valence electrons. The van der Waals surface area contributed by atoms with Crippen LogP contribution in [0, 0.1) is 0 Å². The largest absolute Gasteiger partial charge is 0.336 e. The summed E-state index contributed by atoms with van der Waals surface area (Å²) in [4.78, 5) is 38.1. The van der Waals surface area contributed by atoms with Gasteiger partial charge in [0.25, 0.3) is 5.91 Å². The summed E-state index contributed by atoms with van der Waals surface area (Å²) in [5.74, 6) is -0.0317. The molecule has 5 heteroatoms. The Hall–Kier alpha value is -1.91. The Balaban J connectivity index is 2.13. The van der Waals surface area contributed by atoms with Crippen molar-refractivity contribution < 1.29 is 9.59 Å². The van der Waals surface area contributed by atoms with E-state index in [1.807, 2.05) is 0 Å². The van der Waals surface area contributed by atoms with Gasteiger partial charge >= 0.3 is 0 Å². The van der Waals surface area contributed by atoms with Crippen molar-refractivity contribution >= 4 is 11.7 Å². The quantitative estimate of drug-likeness (QED) is 0.734. The number of ketones is 1. The number of piperidine rings is 1. The van der Waals surface area contributed by atoms with Crippen molar-refractivity contribution in [3.63, 3.8) is 0 Å². The Morgan fingerprint density at radius 1 is 1.19 bits per heavy atom. The van der Waals surface area contributed by atoms with Gasteiger partial charge in [-0.1, -0.05) is 6.07 Å². The number of nitrogens with one attached hydrogen (secondary N) is 1. The van der Waals surface area contributed by atoms with Crippen LogP contribution in [0.3, 0.4) is 0 Å². The van der Waals surface area contributed by atoms with Crippen LogP contribution in [0.1, 0.15) is 23.3 Å². The van der Waals surface area contributed by atoms with Crippen LogP contribution in [-0.4, -0.2) is 34.7 Å². The number of aromatic amines is 1. The molecule has 0 radical (unpaired) electrons. The first-order valence-corrected chi connectivity index (χ1v) is 5.17. The van der Waals surface area contributed by atoms with Gasteiger partial charge in [-0.2, -0.15) is 0 Å². The SMILES string of the molecule is O=C1CCN(C(=O)c2cccc(=O)[nH]2)CC1. The third-order valence-electron chi connectivity index (χ3n) is 2.61. The summed E-state index contributed by atoms with van der Waals surface area (Å²) in [7, 11) is 0. The minimum atomic E-state index is -0.293. The number of hydrogen-bond acceptors (Lipinski definition) is 3. The van der Waals surface area contributed by atoms with E-state index in [1.54, 1.807) is 17.0 Å². The lowest BCUT2D eigenvalue weighted by molar-refractivity contribution is -0.120. The van der Waals surface area contributed by atoms with E-state index in [2.05, 4.69) is 4.98 Å². The minimum absolute atomic E-state index is 0.186. The Morgan fingerprint density at radius 2 is 1.88 bits per heavy atom. The minimum Gasteiger partial charge on any atom is -0.336 e. The molecule has 0 bridgehead atoms. The third kappa shape index (κ3) is 2.18. The molecule has 5 nitrogen and oxygen atoms in total. The molecule has 2 rings (SSSR count). The van der Waals surface area contributed by atoms with Crippen LogP contribution in [-0.2, 0) is 4.79 Å². The lowest BCUT2D eigenvalue weighted by atomic mass is 10.1. The number of amides is 1. The summed E-state index contributed by atoms with van der Waals surface area (Å²) < 4.78 is 0. The zero-order valence-corrected chi connectivity index (χ0v) is 8.73. The molecule has 1 aliphatic rings. The fourth-order valence-corrected chi connectivity index (χ4v) is 1.70. The fourth-order valence-electron chi connectivity index (χ4n) is 1.70. The lowest BCUT2D eigenvalue weighted by Gasteiger charge is -2.25. The number of carbonyl (C=O) groups excluding carboxylic acids is 2. The van der Waals surface area contributed by atoms with Gasteiger partial charge in [-0.15, -0.1) is 0 Å². The molecule has 0 unspecified atom stereocenters. The maximum Gasteiger partial charge on any atom is 0.270 e. The number of H-pyrrole nitrogens is 1. The number of pyridine rings is 1. The summed E-state index contributed by atoms with van der Waals surface area (Å²) in [5, 5.41) is 0. The number of rotatable bonds is 1. The van der Waals surface area contributed by atoms with Gasteiger partial charge in [0.05, 0.1) is 0 Å². The molecule has 0 saturated carbocycles. The molecule has 0 atom stereocenters. The zero-order valence-electron chi connectivity index (χ0n) is 8.73. The normalized spacial score (nSPS) is 16.2. The highest BCUT2D eigenvalue weighted by atomic mass is 16.2. The molecule has 1 amide bonds. The lowest BCUT2D eigenvalue weighted by Crippen LogP contribution is -2.39. The van der Waals surface area contributed by atoms with E-state index in [-0.39, 0.29) is 22.9 Å². The van der Waals surface area contributed by atoms with Crippen LogP contribution < -0.4 is 5.56 Å². The van der Waals surface area contributed by atoms with Crippen molar-refractivity contribution in [1.29, 1.82) is 0 Å². The van der Waals surface area contributed by atoms with Gasteiger partial charge in [-0.3, -0.25) is 14.4 Å². The summed E-state index contributed by atoms with van der Waals surface area (Å²) in [6.45, 7) is 0.878. The van der Waals surface area contributed by atoms with E-state index in [0.717, 1.165) is 0 Å². The molecule has 1 aromatic rings. The van der Waals surface area contributed by atoms with Crippen molar-refractivity contribution in [2.75, 3.05) is 13.1 Å². The van der Waals surface area contributed by atoms with Gasteiger partial charge in [0, 0.05) is 32.0 Å². The number of nitrogens with zero attached hydrogens (tertiary/aromatic N) is 1. The monoisotopic (exact) mass is 220 g/mol. The first-order chi connectivity index (χ1) is 7.66. The van der Waals surface area contributed by atoms with Gasteiger partial charge < -0.3 is 9.88 Å². The van der Waals surface area contributed by atoms with Crippen molar-refractivity contribution in [2.45, 2.75) is 12.8 Å². The van der Waals surface area contributed by atoms with E-state index in [0.29, 0.717) is 25.9 Å². The molecular weight excluding hydrogens is 208 g/mol. The summed E-state index contributed by atoms with van der Waals surface area (Å²) in [5.41, 5.74) is -0.0132. The van der Waals surface area contributed by atoms with Crippen LogP contribution >= 0.6 is 0 Å². The second kappa shape index (κ2) is 4.30. The summed E-state index contributed by atoms with van der Waals surface area (Å²) in [6, 6.07) is 4.47. The van der Waals surface area contributed by atoms with Crippen LogP contribution in [0.5, 0.6) is 0 Å². The number of hydrogen-bond donors (Lipinski definition) is 1. The standard InChI is InChI=1S/C11H12N2O3/c14-8-4-6-13(7-5-8)11(16)9-2-1-3-10(15)12-9/h1-3H,4-7H2,(H,12,15). The van der Waals surface area contributed by atoms with Crippen LogP contribution in [0.2, 0.25) is 0 Å². The Labute approximate surface area is 92.1 Å². The van der Waals surface area contributed by atoms with Crippen LogP contribution in [0.15, 0.2) is 23.0 Å². The number of Topliss-reactive ketones (excluding diaryl/α,β-unsaturated/α-hetero) is 1. The first-order valence-electron chi connectivity index (χ1n) is 5.17. The predicted molar refractivity (Wildman–Crippen MR) is 57.2 cm³/mol. The average Bonchev–Trinajstić information content (AvgIpc) is 2.29. The number of likely N-dealkylation sites (tertiary alicyclic amines) is 1. The van der Waals surface area contributed by atoms with Gasteiger partial charge in [0.2, 0.25) is 5.56 Å². The number of aromatic nitrogens is 1. The van der Waals surface area contributed by atoms with Gasteiger partial charge in [0.15, 0.2) is 0 Å². The van der Waals surface area contributed by atoms with Crippen LogP contribution in [0.4, 0.5) is 0 Å². The smallest absolute Gasteiger partial charge is 0.270 e. The highest BCUT2D eigenvalue weighted by Gasteiger charge is 2.22. The molecule has 1 N–H and O–H groups in total.